The number of halogens is 1. The summed E-state index contributed by atoms with van der Waals surface area (Å²) in [6.07, 6.45) is 3.42. The first-order valence-electron chi connectivity index (χ1n) is 6.55. The van der Waals surface area contributed by atoms with Gasteiger partial charge >= 0.3 is 0 Å². The number of aromatic nitrogens is 1. The molecule has 0 aliphatic carbocycles. The van der Waals surface area contributed by atoms with Crippen LogP contribution in [0.15, 0.2) is 42.7 Å². The average molecular weight is 274 g/mol. The van der Waals surface area contributed by atoms with E-state index in [1.165, 1.54) is 12.1 Å². The lowest BCUT2D eigenvalue weighted by Gasteiger charge is -2.21. The van der Waals surface area contributed by atoms with E-state index in [4.69, 9.17) is 4.74 Å². The van der Waals surface area contributed by atoms with E-state index in [2.05, 4.69) is 31.1 Å². The van der Waals surface area contributed by atoms with Crippen molar-refractivity contribution in [2.45, 2.75) is 32.9 Å². The van der Waals surface area contributed by atoms with Crippen LogP contribution in [0, 0.1) is 5.82 Å². The smallest absolute Gasteiger partial charge is 0.134 e. The molecule has 20 heavy (non-hydrogen) atoms. The molecule has 1 N–H and O–H groups in total. The monoisotopic (exact) mass is 274 g/mol. The minimum atomic E-state index is -0.314. The van der Waals surface area contributed by atoms with Gasteiger partial charge in [-0.05, 0) is 39.0 Å². The third kappa shape index (κ3) is 4.31. The third-order valence-corrected chi connectivity index (χ3v) is 2.69. The SMILES string of the molecule is CC(C)(C)NCc1cnccc1Oc1cccc(F)c1. The van der Waals surface area contributed by atoms with Crippen molar-refractivity contribution in [3.05, 3.63) is 54.1 Å². The molecule has 2 rings (SSSR count). The number of nitrogens with one attached hydrogen (secondary N) is 1. The molecule has 3 nitrogen and oxygen atoms in total. The van der Waals surface area contributed by atoms with Crippen LogP contribution >= 0.6 is 0 Å². The van der Waals surface area contributed by atoms with Crippen LogP contribution in [-0.4, -0.2) is 10.5 Å². The van der Waals surface area contributed by atoms with Gasteiger partial charge in [-0.15, -0.1) is 0 Å². The number of rotatable bonds is 4. The molecular formula is C16H19FN2O. The summed E-state index contributed by atoms with van der Waals surface area (Å²) in [7, 11) is 0. The number of hydrogen-bond donors (Lipinski definition) is 1. The second-order valence-electron chi connectivity index (χ2n) is 5.65. The molecule has 1 aromatic heterocycles. The first-order chi connectivity index (χ1) is 9.44. The summed E-state index contributed by atoms with van der Waals surface area (Å²) >= 11 is 0. The van der Waals surface area contributed by atoms with Gasteiger partial charge in [-0.2, -0.15) is 0 Å². The maximum absolute atomic E-state index is 13.2. The molecule has 0 aliphatic rings. The average Bonchev–Trinajstić information content (AvgIpc) is 2.37. The zero-order chi connectivity index (χ0) is 14.6. The summed E-state index contributed by atoms with van der Waals surface area (Å²) in [6.45, 7) is 6.92. The minimum Gasteiger partial charge on any atom is -0.457 e. The lowest BCUT2D eigenvalue weighted by molar-refractivity contribution is 0.413. The number of ether oxygens (including phenoxy) is 1. The molecule has 106 valence electrons. The Balaban J connectivity index is 2.15. The lowest BCUT2D eigenvalue weighted by Crippen LogP contribution is -2.35. The Hall–Kier alpha value is -1.94. The van der Waals surface area contributed by atoms with E-state index in [1.54, 1.807) is 30.6 Å². The van der Waals surface area contributed by atoms with Crippen molar-refractivity contribution < 1.29 is 9.13 Å². The van der Waals surface area contributed by atoms with E-state index >= 15 is 0 Å². The Morgan fingerprint density at radius 3 is 2.75 bits per heavy atom. The Labute approximate surface area is 118 Å². The molecule has 4 heteroatoms. The van der Waals surface area contributed by atoms with E-state index < -0.39 is 0 Å². The molecule has 0 amide bonds. The Bertz CT molecular complexity index is 579. The second-order valence-corrected chi connectivity index (χ2v) is 5.65. The Morgan fingerprint density at radius 2 is 2.05 bits per heavy atom. The molecular weight excluding hydrogens is 255 g/mol. The van der Waals surface area contributed by atoms with Crippen LogP contribution in [0.1, 0.15) is 26.3 Å². The highest BCUT2D eigenvalue weighted by atomic mass is 19.1. The van der Waals surface area contributed by atoms with E-state index in [9.17, 15) is 4.39 Å². The van der Waals surface area contributed by atoms with Gasteiger partial charge in [-0.1, -0.05) is 6.07 Å². The second kappa shape index (κ2) is 6.01. The van der Waals surface area contributed by atoms with Gasteiger partial charge in [0.25, 0.3) is 0 Å². The van der Waals surface area contributed by atoms with E-state index in [1.807, 2.05) is 0 Å². The maximum atomic E-state index is 13.2. The van der Waals surface area contributed by atoms with Crippen molar-refractivity contribution >= 4 is 0 Å². The molecule has 0 bridgehead atoms. The zero-order valence-corrected chi connectivity index (χ0v) is 12.0. The van der Waals surface area contributed by atoms with Crippen molar-refractivity contribution in [3.8, 4) is 11.5 Å². The molecule has 0 radical (unpaired) electrons. The van der Waals surface area contributed by atoms with Gasteiger partial charge in [0.05, 0.1) is 0 Å². The van der Waals surface area contributed by atoms with Gasteiger partial charge in [0.15, 0.2) is 0 Å². The highest BCUT2D eigenvalue weighted by Gasteiger charge is 2.11. The van der Waals surface area contributed by atoms with Gasteiger partial charge in [0, 0.05) is 36.1 Å². The minimum absolute atomic E-state index is 0.00592. The van der Waals surface area contributed by atoms with E-state index in [-0.39, 0.29) is 11.4 Å². The van der Waals surface area contributed by atoms with E-state index in [0.717, 1.165) is 5.56 Å². The predicted octanol–water partition coefficient (Wildman–Crippen LogP) is 3.90. The topological polar surface area (TPSA) is 34.2 Å². The molecule has 0 saturated carbocycles. The molecule has 2 aromatic rings. The number of hydrogen-bond acceptors (Lipinski definition) is 3. The van der Waals surface area contributed by atoms with Crippen LogP contribution < -0.4 is 10.1 Å². The molecule has 0 fully saturated rings. The van der Waals surface area contributed by atoms with Crippen LogP contribution in [-0.2, 0) is 6.54 Å². The maximum Gasteiger partial charge on any atom is 0.134 e. The van der Waals surface area contributed by atoms with Gasteiger partial charge in [0.2, 0.25) is 0 Å². The van der Waals surface area contributed by atoms with Crippen LogP contribution in [0.3, 0.4) is 0 Å². The molecule has 0 unspecified atom stereocenters. The van der Waals surface area contributed by atoms with Crippen molar-refractivity contribution in [2.24, 2.45) is 0 Å². The number of benzene rings is 1. The first-order valence-corrected chi connectivity index (χ1v) is 6.55. The fourth-order valence-electron chi connectivity index (χ4n) is 1.66. The van der Waals surface area contributed by atoms with E-state index in [0.29, 0.717) is 18.0 Å². The fourth-order valence-corrected chi connectivity index (χ4v) is 1.66. The molecule has 0 spiro atoms. The van der Waals surface area contributed by atoms with Crippen molar-refractivity contribution in [1.82, 2.24) is 10.3 Å². The van der Waals surface area contributed by atoms with Crippen molar-refractivity contribution in [3.63, 3.8) is 0 Å². The largest absolute Gasteiger partial charge is 0.457 e. The molecule has 1 aromatic carbocycles. The summed E-state index contributed by atoms with van der Waals surface area (Å²) in [5.41, 5.74) is 0.943. The summed E-state index contributed by atoms with van der Waals surface area (Å²) in [5, 5.41) is 3.38. The first kappa shape index (κ1) is 14.5. The Kier molecular flexibility index (Phi) is 4.35. The quantitative estimate of drug-likeness (QED) is 0.918. The van der Waals surface area contributed by atoms with Crippen molar-refractivity contribution in [2.75, 3.05) is 0 Å². The van der Waals surface area contributed by atoms with Crippen LogP contribution in [0.2, 0.25) is 0 Å². The van der Waals surface area contributed by atoms with Gasteiger partial charge in [0.1, 0.15) is 17.3 Å². The molecule has 1 heterocycles. The van der Waals surface area contributed by atoms with Crippen LogP contribution in [0.5, 0.6) is 11.5 Å². The van der Waals surface area contributed by atoms with Gasteiger partial charge in [-0.25, -0.2) is 4.39 Å². The normalized spacial score (nSPS) is 11.4. The zero-order valence-electron chi connectivity index (χ0n) is 12.0. The molecule has 0 saturated heterocycles. The summed E-state index contributed by atoms with van der Waals surface area (Å²) in [6, 6.07) is 7.89. The third-order valence-electron chi connectivity index (χ3n) is 2.69. The van der Waals surface area contributed by atoms with Crippen molar-refractivity contribution in [1.29, 1.82) is 0 Å². The standard InChI is InChI=1S/C16H19FN2O/c1-16(2,3)19-11-12-10-18-8-7-15(12)20-14-6-4-5-13(17)9-14/h4-10,19H,11H2,1-3H3. The van der Waals surface area contributed by atoms with Crippen LogP contribution in [0.4, 0.5) is 4.39 Å². The summed E-state index contributed by atoms with van der Waals surface area (Å²) < 4.78 is 18.9. The summed E-state index contributed by atoms with van der Waals surface area (Å²) in [5.74, 6) is 0.849. The molecule has 0 atom stereocenters. The number of pyridine rings is 1. The molecule has 0 aliphatic heterocycles. The highest BCUT2D eigenvalue weighted by Crippen LogP contribution is 2.25. The van der Waals surface area contributed by atoms with Gasteiger partial charge in [-0.3, -0.25) is 4.98 Å². The number of nitrogens with zero attached hydrogens (tertiary/aromatic N) is 1. The summed E-state index contributed by atoms with van der Waals surface area (Å²) in [4.78, 5) is 4.11. The highest BCUT2D eigenvalue weighted by molar-refractivity contribution is 5.35. The van der Waals surface area contributed by atoms with Gasteiger partial charge < -0.3 is 10.1 Å². The predicted molar refractivity (Wildman–Crippen MR) is 77.3 cm³/mol. The lowest BCUT2D eigenvalue weighted by atomic mass is 10.1. The van der Waals surface area contributed by atoms with Crippen LogP contribution in [0.25, 0.3) is 0 Å². The Morgan fingerprint density at radius 1 is 1.25 bits per heavy atom. The fraction of sp³-hybridized carbons (Fsp3) is 0.312.